The number of likely N-dealkylation sites (N-methyl/N-ethyl adjacent to an activating group) is 1. The fourth-order valence-corrected chi connectivity index (χ4v) is 2.69. The number of carbonyl (C=O) groups excluding carboxylic acids is 1. The molecule has 1 N–H and O–H groups in total. The van der Waals surface area contributed by atoms with Gasteiger partial charge in [0.2, 0.25) is 5.91 Å². The topological polar surface area (TPSA) is 64.1 Å². The Morgan fingerprint density at radius 2 is 2.05 bits per heavy atom. The Hall–Kier alpha value is -2.08. The lowest BCUT2D eigenvalue weighted by Crippen LogP contribution is -2.30. The number of anilines is 2. The number of hydrogen-bond acceptors (Lipinski definition) is 4. The highest BCUT2D eigenvalue weighted by Gasteiger charge is 2.27. The van der Waals surface area contributed by atoms with E-state index in [0.717, 1.165) is 29.9 Å². The zero-order valence-electron chi connectivity index (χ0n) is 13.4. The van der Waals surface area contributed by atoms with E-state index in [1.165, 1.54) is 0 Å². The van der Waals surface area contributed by atoms with Crippen LogP contribution in [0.25, 0.3) is 0 Å². The lowest BCUT2D eigenvalue weighted by Gasteiger charge is -2.21. The van der Waals surface area contributed by atoms with Crippen molar-refractivity contribution in [3.05, 3.63) is 23.8 Å². The molecule has 6 nitrogen and oxygen atoms in total. The monoisotopic (exact) mass is 305 g/mol. The SMILES string of the molecule is CN(C)CCCN1C(=O)Cc2cc(N(C)CC(=O)O)ccc21. The second kappa shape index (κ2) is 6.79. The first-order valence-corrected chi connectivity index (χ1v) is 7.39. The van der Waals surface area contributed by atoms with Crippen LogP contribution >= 0.6 is 0 Å². The molecule has 1 amide bonds. The number of nitrogens with zero attached hydrogens (tertiary/aromatic N) is 3. The maximum absolute atomic E-state index is 12.2. The third-order valence-electron chi connectivity index (χ3n) is 3.80. The van der Waals surface area contributed by atoms with Crippen LogP contribution < -0.4 is 9.80 Å². The van der Waals surface area contributed by atoms with Gasteiger partial charge < -0.3 is 19.8 Å². The standard InChI is InChI=1S/C16H23N3O3/c1-17(2)7-4-8-19-14-6-5-13(18(3)11-16(21)22)9-12(14)10-15(19)20/h5-6,9H,4,7-8,10-11H2,1-3H3,(H,21,22). The normalized spacial score (nSPS) is 13.6. The summed E-state index contributed by atoms with van der Waals surface area (Å²) in [6.45, 7) is 1.60. The lowest BCUT2D eigenvalue weighted by molar-refractivity contribution is -0.135. The minimum absolute atomic E-state index is 0.0563. The molecule has 1 heterocycles. The van der Waals surface area contributed by atoms with Crippen molar-refractivity contribution in [2.75, 3.05) is 50.6 Å². The number of carboxylic acids is 1. The number of carboxylic acid groups (broad SMARTS) is 1. The molecule has 0 aromatic heterocycles. The summed E-state index contributed by atoms with van der Waals surface area (Å²) in [4.78, 5) is 28.6. The van der Waals surface area contributed by atoms with Crippen LogP contribution in [0.3, 0.4) is 0 Å². The highest BCUT2D eigenvalue weighted by atomic mass is 16.4. The molecule has 1 aliphatic heterocycles. The van der Waals surface area contributed by atoms with Crippen molar-refractivity contribution >= 4 is 23.3 Å². The first-order chi connectivity index (χ1) is 10.4. The molecule has 0 aliphatic carbocycles. The van der Waals surface area contributed by atoms with E-state index in [4.69, 9.17) is 5.11 Å². The first kappa shape index (κ1) is 16.3. The summed E-state index contributed by atoms with van der Waals surface area (Å²) >= 11 is 0. The molecular formula is C16H23N3O3. The first-order valence-electron chi connectivity index (χ1n) is 7.39. The number of rotatable bonds is 7. The summed E-state index contributed by atoms with van der Waals surface area (Å²) in [5.74, 6) is -0.754. The highest BCUT2D eigenvalue weighted by Crippen LogP contribution is 2.32. The van der Waals surface area contributed by atoms with Crippen molar-refractivity contribution in [3.8, 4) is 0 Å². The van der Waals surface area contributed by atoms with E-state index in [-0.39, 0.29) is 12.5 Å². The van der Waals surface area contributed by atoms with Crippen LogP contribution in [0.2, 0.25) is 0 Å². The Balaban J connectivity index is 2.10. The molecule has 0 fully saturated rings. The van der Waals surface area contributed by atoms with Crippen molar-refractivity contribution in [3.63, 3.8) is 0 Å². The average molecular weight is 305 g/mol. The summed E-state index contributed by atoms with van der Waals surface area (Å²) in [5.41, 5.74) is 2.75. The van der Waals surface area contributed by atoms with E-state index >= 15 is 0 Å². The quantitative estimate of drug-likeness (QED) is 0.816. The number of benzene rings is 1. The molecule has 0 saturated carbocycles. The number of carbonyl (C=O) groups is 2. The molecule has 1 aromatic rings. The van der Waals surface area contributed by atoms with Gasteiger partial charge in [-0.2, -0.15) is 0 Å². The third kappa shape index (κ3) is 3.76. The van der Waals surface area contributed by atoms with Crippen LogP contribution in [0.1, 0.15) is 12.0 Å². The minimum Gasteiger partial charge on any atom is -0.480 e. The van der Waals surface area contributed by atoms with E-state index < -0.39 is 5.97 Å². The average Bonchev–Trinajstić information content (AvgIpc) is 2.73. The number of aliphatic carboxylic acids is 1. The van der Waals surface area contributed by atoms with Gasteiger partial charge in [-0.15, -0.1) is 0 Å². The zero-order chi connectivity index (χ0) is 16.3. The van der Waals surface area contributed by atoms with Gasteiger partial charge in [0.05, 0.1) is 6.42 Å². The Labute approximate surface area is 130 Å². The van der Waals surface area contributed by atoms with Gasteiger partial charge in [0, 0.05) is 25.0 Å². The molecule has 120 valence electrons. The summed E-state index contributed by atoms with van der Waals surface area (Å²) in [6, 6.07) is 5.71. The summed E-state index contributed by atoms with van der Waals surface area (Å²) < 4.78 is 0. The summed E-state index contributed by atoms with van der Waals surface area (Å²) in [5, 5.41) is 8.86. The molecule has 0 bridgehead atoms. The van der Waals surface area contributed by atoms with Crippen LogP contribution in [0.5, 0.6) is 0 Å². The van der Waals surface area contributed by atoms with Gasteiger partial charge in [0.15, 0.2) is 0 Å². The molecule has 6 heteroatoms. The predicted molar refractivity (Wildman–Crippen MR) is 86.6 cm³/mol. The molecule has 0 radical (unpaired) electrons. The van der Waals surface area contributed by atoms with Crippen molar-refractivity contribution < 1.29 is 14.7 Å². The van der Waals surface area contributed by atoms with Crippen LogP contribution in [0, 0.1) is 0 Å². The Morgan fingerprint density at radius 1 is 1.32 bits per heavy atom. The number of amides is 1. The second-order valence-corrected chi connectivity index (χ2v) is 5.94. The Kier molecular flexibility index (Phi) is 5.03. The predicted octanol–water partition coefficient (Wildman–Crippen LogP) is 1.05. The number of hydrogen-bond donors (Lipinski definition) is 1. The molecule has 1 aromatic carbocycles. The highest BCUT2D eigenvalue weighted by molar-refractivity contribution is 6.01. The minimum atomic E-state index is -0.871. The van der Waals surface area contributed by atoms with Gasteiger partial charge in [0.25, 0.3) is 0 Å². The van der Waals surface area contributed by atoms with Crippen molar-refractivity contribution in [1.82, 2.24) is 4.90 Å². The largest absolute Gasteiger partial charge is 0.480 e. The van der Waals surface area contributed by atoms with Gasteiger partial charge in [-0.05, 0) is 50.8 Å². The zero-order valence-corrected chi connectivity index (χ0v) is 13.4. The van der Waals surface area contributed by atoms with Gasteiger partial charge in [0.1, 0.15) is 6.54 Å². The van der Waals surface area contributed by atoms with Crippen LogP contribution in [-0.2, 0) is 16.0 Å². The molecule has 0 atom stereocenters. The van der Waals surface area contributed by atoms with Crippen LogP contribution in [-0.4, -0.2) is 62.7 Å². The molecule has 0 spiro atoms. The van der Waals surface area contributed by atoms with Crippen molar-refractivity contribution in [1.29, 1.82) is 0 Å². The Morgan fingerprint density at radius 3 is 2.68 bits per heavy atom. The molecule has 1 aliphatic rings. The number of fused-ring (bicyclic) bond motifs is 1. The van der Waals surface area contributed by atoms with Gasteiger partial charge in [-0.3, -0.25) is 9.59 Å². The summed E-state index contributed by atoms with van der Waals surface area (Å²) in [7, 11) is 5.77. The van der Waals surface area contributed by atoms with E-state index in [1.54, 1.807) is 11.9 Å². The van der Waals surface area contributed by atoms with Crippen molar-refractivity contribution in [2.45, 2.75) is 12.8 Å². The smallest absolute Gasteiger partial charge is 0.323 e. The van der Waals surface area contributed by atoms with Crippen LogP contribution in [0.4, 0.5) is 11.4 Å². The summed E-state index contributed by atoms with van der Waals surface area (Å²) in [6.07, 6.45) is 1.32. The van der Waals surface area contributed by atoms with E-state index in [2.05, 4.69) is 4.90 Å². The van der Waals surface area contributed by atoms with E-state index in [1.807, 2.05) is 37.2 Å². The lowest BCUT2D eigenvalue weighted by atomic mass is 10.1. The maximum atomic E-state index is 12.2. The van der Waals surface area contributed by atoms with Gasteiger partial charge in [-0.1, -0.05) is 0 Å². The Bertz CT molecular complexity index is 572. The molecule has 0 unspecified atom stereocenters. The molecule has 0 saturated heterocycles. The van der Waals surface area contributed by atoms with Crippen molar-refractivity contribution in [2.24, 2.45) is 0 Å². The fourth-order valence-electron chi connectivity index (χ4n) is 2.69. The van der Waals surface area contributed by atoms with E-state index in [0.29, 0.717) is 13.0 Å². The fraction of sp³-hybridized carbons (Fsp3) is 0.500. The second-order valence-electron chi connectivity index (χ2n) is 5.94. The maximum Gasteiger partial charge on any atom is 0.323 e. The van der Waals surface area contributed by atoms with Gasteiger partial charge >= 0.3 is 5.97 Å². The third-order valence-corrected chi connectivity index (χ3v) is 3.80. The molecule has 22 heavy (non-hydrogen) atoms. The molecule has 2 rings (SSSR count). The van der Waals surface area contributed by atoms with E-state index in [9.17, 15) is 9.59 Å². The van der Waals surface area contributed by atoms with Gasteiger partial charge in [-0.25, -0.2) is 0 Å². The molecular weight excluding hydrogens is 282 g/mol. The van der Waals surface area contributed by atoms with Crippen LogP contribution in [0.15, 0.2) is 18.2 Å².